The second kappa shape index (κ2) is 10.5. The van der Waals surface area contributed by atoms with Crippen molar-refractivity contribution in [2.75, 3.05) is 0 Å². The third kappa shape index (κ3) is 4.10. The highest BCUT2D eigenvalue weighted by Crippen LogP contribution is 2.36. The summed E-state index contributed by atoms with van der Waals surface area (Å²) in [5, 5.41) is 16.7. The van der Waals surface area contributed by atoms with Crippen molar-refractivity contribution in [3.63, 3.8) is 0 Å². The van der Waals surface area contributed by atoms with Gasteiger partial charge in [0.15, 0.2) is 11.5 Å². The number of pyridine rings is 1. The molecule has 10 rings (SSSR count). The van der Waals surface area contributed by atoms with Crippen LogP contribution in [0.4, 0.5) is 0 Å². The van der Waals surface area contributed by atoms with Gasteiger partial charge in [-0.15, -0.1) is 10.2 Å². The Morgan fingerprint density at radius 1 is 0.396 bits per heavy atom. The maximum Gasteiger partial charge on any atom is 0.169 e. The van der Waals surface area contributed by atoms with Gasteiger partial charge in [0.05, 0.1) is 11.0 Å². The van der Waals surface area contributed by atoms with Crippen molar-refractivity contribution in [3.05, 3.63) is 170 Å². The minimum Gasteiger partial charge on any atom is -0.309 e. The van der Waals surface area contributed by atoms with Crippen molar-refractivity contribution in [1.82, 2.24) is 19.2 Å². The Balaban J connectivity index is 1.07. The van der Waals surface area contributed by atoms with Crippen LogP contribution in [-0.2, 0) is 0 Å². The molecule has 48 heavy (non-hydrogen) atoms. The molecule has 0 N–H and O–H groups in total. The van der Waals surface area contributed by atoms with Gasteiger partial charge < -0.3 is 4.57 Å². The van der Waals surface area contributed by atoms with E-state index < -0.39 is 0 Å². The summed E-state index contributed by atoms with van der Waals surface area (Å²) in [4.78, 5) is 0. The first-order valence-corrected chi connectivity index (χ1v) is 16.3. The predicted molar refractivity (Wildman–Crippen MR) is 199 cm³/mol. The average molecular weight is 613 g/mol. The normalized spacial score (nSPS) is 11.8. The largest absolute Gasteiger partial charge is 0.309 e. The van der Waals surface area contributed by atoms with E-state index in [0.29, 0.717) is 0 Å². The van der Waals surface area contributed by atoms with Gasteiger partial charge in [0.2, 0.25) is 0 Å². The molecule has 224 valence electrons. The Morgan fingerprint density at radius 3 is 1.69 bits per heavy atom. The van der Waals surface area contributed by atoms with E-state index in [4.69, 9.17) is 10.2 Å². The van der Waals surface area contributed by atoms with Gasteiger partial charge in [-0.05, 0) is 75.3 Å². The average Bonchev–Trinajstić information content (AvgIpc) is 3.74. The third-order valence-corrected chi connectivity index (χ3v) is 9.65. The molecule has 0 aliphatic heterocycles. The van der Waals surface area contributed by atoms with Crippen molar-refractivity contribution >= 4 is 49.0 Å². The lowest BCUT2D eigenvalue weighted by Crippen LogP contribution is -1.96. The molecule has 10 aromatic rings. The summed E-state index contributed by atoms with van der Waals surface area (Å²) < 4.78 is 4.48. The molecular weight excluding hydrogens is 585 g/mol. The van der Waals surface area contributed by atoms with Crippen LogP contribution < -0.4 is 0 Å². The molecule has 0 amide bonds. The molecule has 4 nitrogen and oxygen atoms in total. The zero-order valence-electron chi connectivity index (χ0n) is 26.0. The van der Waals surface area contributed by atoms with Gasteiger partial charge >= 0.3 is 0 Å². The van der Waals surface area contributed by atoms with Crippen LogP contribution in [0.3, 0.4) is 0 Å². The van der Waals surface area contributed by atoms with E-state index in [9.17, 15) is 0 Å². The first-order valence-electron chi connectivity index (χ1n) is 16.3. The molecule has 0 saturated carbocycles. The van der Waals surface area contributed by atoms with Crippen molar-refractivity contribution in [3.8, 4) is 39.3 Å². The zero-order valence-corrected chi connectivity index (χ0v) is 26.0. The van der Waals surface area contributed by atoms with E-state index in [2.05, 4.69) is 179 Å². The quantitative estimate of drug-likeness (QED) is 0.198. The highest BCUT2D eigenvalue weighted by molar-refractivity contribution is 6.09. The summed E-state index contributed by atoms with van der Waals surface area (Å²) in [6.07, 6.45) is 2.19. The van der Waals surface area contributed by atoms with Gasteiger partial charge in [-0.2, -0.15) is 0 Å². The molecule has 7 aromatic carbocycles. The number of rotatable bonds is 4. The standard InChI is InChI=1S/C44H28N4/c1-2-10-33-27-34(22-19-29(33)9-1)30-17-20-31(21-18-30)40-28-47-43(45-46-44(47)39-14-4-3-11-36(39)40)32-23-25-35(26-24-32)48-41-15-7-5-12-37(41)38-13-6-8-16-42(38)48/h1-28H. The van der Waals surface area contributed by atoms with Crippen LogP contribution in [-0.4, -0.2) is 19.2 Å². The summed E-state index contributed by atoms with van der Waals surface area (Å²) in [6.45, 7) is 0. The minimum atomic E-state index is 0.818. The van der Waals surface area contributed by atoms with Gasteiger partial charge in [0.1, 0.15) is 0 Å². The number of nitrogens with zero attached hydrogens (tertiary/aromatic N) is 4. The van der Waals surface area contributed by atoms with E-state index in [-0.39, 0.29) is 0 Å². The van der Waals surface area contributed by atoms with E-state index in [0.717, 1.165) is 44.6 Å². The summed E-state index contributed by atoms with van der Waals surface area (Å²) in [5.41, 5.74) is 10.1. The number of aromatic nitrogens is 4. The molecule has 0 radical (unpaired) electrons. The van der Waals surface area contributed by atoms with Gasteiger partial charge in [-0.3, -0.25) is 4.40 Å². The summed E-state index contributed by atoms with van der Waals surface area (Å²) in [5.74, 6) is 0.818. The van der Waals surface area contributed by atoms with E-state index >= 15 is 0 Å². The fraction of sp³-hybridized carbons (Fsp3) is 0. The lowest BCUT2D eigenvalue weighted by atomic mass is 9.96. The fourth-order valence-electron chi connectivity index (χ4n) is 7.31. The van der Waals surface area contributed by atoms with E-state index in [1.165, 1.54) is 43.7 Å². The van der Waals surface area contributed by atoms with Crippen LogP contribution >= 0.6 is 0 Å². The minimum absolute atomic E-state index is 0.818. The van der Waals surface area contributed by atoms with E-state index in [1.807, 2.05) is 0 Å². The van der Waals surface area contributed by atoms with Crippen LogP contribution in [0.2, 0.25) is 0 Å². The van der Waals surface area contributed by atoms with Crippen LogP contribution in [0.15, 0.2) is 170 Å². The molecule has 0 saturated heterocycles. The highest BCUT2D eigenvalue weighted by atomic mass is 15.2. The SMILES string of the molecule is c1ccc2cc(-c3ccc(-c4cn5c(-c6ccc(-n7c8ccccc8c8ccccc87)cc6)nnc5c5ccccc45)cc3)ccc2c1. The first kappa shape index (κ1) is 26.7. The maximum atomic E-state index is 4.73. The smallest absolute Gasteiger partial charge is 0.169 e. The van der Waals surface area contributed by atoms with Gasteiger partial charge in [-0.1, -0.05) is 121 Å². The molecule has 0 aliphatic rings. The number of benzene rings is 7. The molecular formula is C44H28N4. The number of hydrogen-bond donors (Lipinski definition) is 0. The topological polar surface area (TPSA) is 35.1 Å². The Morgan fingerprint density at radius 2 is 0.958 bits per heavy atom. The molecule has 3 aromatic heterocycles. The molecule has 0 aliphatic carbocycles. The predicted octanol–water partition coefficient (Wildman–Crippen LogP) is 11.1. The Kier molecular flexibility index (Phi) is 5.84. The number of fused-ring (bicyclic) bond motifs is 7. The molecule has 0 bridgehead atoms. The Bertz CT molecular complexity index is 2770. The Labute approximate surface area is 276 Å². The second-order valence-electron chi connectivity index (χ2n) is 12.4. The maximum absolute atomic E-state index is 4.73. The van der Waals surface area contributed by atoms with Crippen molar-refractivity contribution in [2.24, 2.45) is 0 Å². The molecule has 4 heteroatoms. The second-order valence-corrected chi connectivity index (χ2v) is 12.4. The molecule has 0 spiro atoms. The third-order valence-electron chi connectivity index (χ3n) is 9.65. The Hall–Kier alpha value is -6.52. The zero-order chi connectivity index (χ0) is 31.6. The van der Waals surface area contributed by atoms with Gasteiger partial charge in [0, 0.05) is 39.2 Å². The number of hydrogen-bond acceptors (Lipinski definition) is 2. The summed E-state index contributed by atoms with van der Waals surface area (Å²) >= 11 is 0. The molecule has 0 atom stereocenters. The van der Waals surface area contributed by atoms with Crippen molar-refractivity contribution in [1.29, 1.82) is 0 Å². The van der Waals surface area contributed by atoms with Crippen LogP contribution in [0.5, 0.6) is 0 Å². The summed E-state index contributed by atoms with van der Waals surface area (Å²) in [7, 11) is 0. The fourth-order valence-corrected chi connectivity index (χ4v) is 7.31. The van der Waals surface area contributed by atoms with Crippen molar-refractivity contribution < 1.29 is 0 Å². The van der Waals surface area contributed by atoms with Crippen LogP contribution in [0.25, 0.3) is 88.3 Å². The first-order chi connectivity index (χ1) is 23.8. The van der Waals surface area contributed by atoms with Crippen LogP contribution in [0, 0.1) is 0 Å². The van der Waals surface area contributed by atoms with E-state index in [1.54, 1.807) is 0 Å². The number of para-hydroxylation sites is 2. The van der Waals surface area contributed by atoms with Gasteiger partial charge in [0.25, 0.3) is 0 Å². The molecule has 3 heterocycles. The van der Waals surface area contributed by atoms with Gasteiger partial charge in [-0.25, -0.2) is 0 Å². The van der Waals surface area contributed by atoms with Crippen molar-refractivity contribution in [2.45, 2.75) is 0 Å². The molecule has 0 fully saturated rings. The molecule has 0 unspecified atom stereocenters. The lowest BCUT2D eigenvalue weighted by molar-refractivity contribution is 1.11. The summed E-state index contributed by atoms with van der Waals surface area (Å²) in [6, 6.07) is 58.4. The monoisotopic (exact) mass is 612 g/mol. The lowest BCUT2D eigenvalue weighted by Gasteiger charge is -2.12. The highest BCUT2D eigenvalue weighted by Gasteiger charge is 2.16. The van der Waals surface area contributed by atoms with Crippen LogP contribution in [0.1, 0.15) is 0 Å².